The molecule has 0 aliphatic heterocycles. The van der Waals surface area contributed by atoms with Crippen molar-refractivity contribution in [3.8, 4) is 11.5 Å². The fraction of sp³-hybridized carbons (Fsp3) is 0.0667. The number of aromatic nitrogens is 2. The number of thiophene rings is 1. The third-order valence-corrected chi connectivity index (χ3v) is 4.91. The lowest BCUT2D eigenvalue weighted by Crippen LogP contribution is -2.42. The molecule has 2 N–H and O–H groups in total. The molecule has 3 rings (SSSR count). The second-order valence-corrected chi connectivity index (χ2v) is 6.90. The molecule has 0 aliphatic rings. The second-order valence-electron chi connectivity index (χ2n) is 4.62. The van der Waals surface area contributed by atoms with Gasteiger partial charge in [-0.25, -0.2) is 0 Å². The lowest BCUT2D eigenvalue weighted by molar-refractivity contribution is -0.119. The fourth-order valence-electron chi connectivity index (χ4n) is 1.77. The molecule has 0 atom stereocenters. The average Bonchev–Trinajstić information content (AvgIpc) is 3.30. The summed E-state index contributed by atoms with van der Waals surface area (Å²) in [5.41, 5.74) is 5.28. The number of nitrogens with zero attached hydrogens (tertiary/aromatic N) is 2. The Morgan fingerprint density at radius 1 is 1.16 bits per heavy atom. The van der Waals surface area contributed by atoms with E-state index >= 15 is 0 Å². The number of hydrogen-bond acceptors (Lipinski definition) is 7. The van der Waals surface area contributed by atoms with E-state index in [-0.39, 0.29) is 22.8 Å². The number of carbonyl (C=O) groups excluding carboxylic acids is 2. The molecule has 2 aromatic heterocycles. The van der Waals surface area contributed by atoms with Gasteiger partial charge in [-0.1, -0.05) is 41.6 Å². The molecule has 2 amide bonds. The second kappa shape index (κ2) is 8.15. The topological polar surface area (TPSA) is 97.1 Å². The molecule has 128 valence electrons. The molecular weight excluding hydrogens is 384 g/mol. The molecule has 0 bridgehead atoms. The number of hydrazine groups is 1. The number of halogens is 1. The van der Waals surface area contributed by atoms with Crippen LogP contribution in [0.1, 0.15) is 9.67 Å². The zero-order valence-electron chi connectivity index (χ0n) is 12.6. The molecule has 2 heterocycles. The summed E-state index contributed by atoms with van der Waals surface area (Å²) in [5, 5.41) is 10.3. The number of thioether (sulfide) groups is 1. The zero-order valence-corrected chi connectivity index (χ0v) is 15.0. The van der Waals surface area contributed by atoms with Crippen molar-refractivity contribution >= 4 is 46.5 Å². The van der Waals surface area contributed by atoms with Crippen LogP contribution in [0.2, 0.25) is 5.02 Å². The van der Waals surface area contributed by atoms with Gasteiger partial charge in [-0.05, 0) is 23.6 Å². The van der Waals surface area contributed by atoms with Crippen LogP contribution in [0.15, 0.2) is 51.4 Å². The van der Waals surface area contributed by atoms with Gasteiger partial charge in [-0.15, -0.1) is 21.5 Å². The van der Waals surface area contributed by atoms with E-state index in [0.29, 0.717) is 15.5 Å². The Bertz CT molecular complexity index is 883. The van der Waals surface area contributed by atoms with Gasteiger partial charge in [0.2, 0.25) is 11.8 Å². The quantitative estimate of drug-likeness (QED) is 0.510. The van der Waals surface area contributed by atoms with E-state index in [1.807, 2.05) is 6.07 Å². The molecule has 0 radical (unpaired) electrons. The minimum atomic E-state index is -0.396. The van der Waals surface area contributed by atoms with Gasteiger partial charge in [0.05, 0.1) is 21.2 Å². The third kappa shape index (κ3) is 4.59. The minimum absolute atomic E-state index is 0.00881. The molecule has 10 heteroatoms. The molecule has 1 aromatic carbocycles. The normalized spacial score (nSPS) is 10.4. The lowest BCUT2D eigenvalue weighted by atomic mass is 10.2. The molecule has 0 aliphatic carbocycles. The Kier molecular flexibility index (Phi) is 5.69. The predicted octanol–water partition coefficient (Wildman–Crippen LogP) is 3.00. The van der Waals surface area contributed by atoms with Crippen molar-refractivity contribution in [1.82, 2.24) is 21.0 Å². The maximum absolute atomic E-state index is 11.8. The SMILES string of the molecule is O=C(CSc1nnc(-c2ccccc2Cl)o1)NNC(=O)c1cccs1. The number of rotatable bonds is 5. The van der Waals surface area contributed by atoms with Gasteiger partial charge in [0.1, 0.15) is 0 Å². The largest absolute Gasteiger partial charge is 0.411 e. The number of nitrogens with one attached hydrogen (secondary N) is 2. The van der Waals surface area contributed by atoms with Crippen molar-refractivity contribution in [2.75, 3.05) is 5.75 Å². The highest BCUT2D eigenvalue weighted by Crippen LogP contribution is 2.28. The Morgan fingerprint density at radius 2 is 2.00 bits per heavy atom. The van der Waals surface area contributed by atoms with Crippen LogP contribution in [-0.4, -0.2) is 27.8 Å². The highest BCUT2D eigenvalue weighted by Gasteiger charge is 2.14. The van der Waals surface area contributed by atoms with Crippen LogP contribution in [0, 0.1) is 0 Å². The van der Waals surface area contributed by atoms with E-state index in [4.69, 9.17) is 16.0 Å². The van der Waals surface area contributed by atoms with E-state index in [1.165, 1.54) is 11.3 Å². The van der Waals surface area contributed by atoms with Crippen molar-refractivity contribution in [2.24, 2.45) is 0 Å². The van der Waals surface area contributed by atoms with E-state index in [9.17, 15) is 9.59 Å². The van der Waals surface area contributed by atoms with E-state index in [1.54, 1.807) is 35.7 Å². The maximum atomic E-state index is 11.8. The van der Waals surface area contributed by atoms with Gasteiger partial charge in [0.15, 0.2) is 0 Å². The first-order chi connectivity index (χ1) is 12.1. The van der Waals surface area contributed by atoms with Gasteiger partial charge >= 0.3 is 0 Å². The van der Waals surface area contributed by atoms with Gasteiger partial charge in [-0.2, -0.15) is 0 Å². The Hall–Kier alpha value is -2.36. The van der Waals surface area contributed by atoms with E-state index in [2.05, 4.69) is 21.0 Å². The van der Waals surface area contributed by atoms with Crippen LogP contribution in [0.3, 0.4) is 0 Å². The minimum Gasteiger partial charge on any atom is -0.411 e. The molecular formula is C15H11ClN4O3S2. The molecule has 0 saturated heterocycles. The van der Waals surface area contributed by atoms with Crippen LogP contribution in [-0.2, 0) is 4.79 Å². The van der Waals surface area contributed by atoms with Gasteiger partial charge in [-0.3, -0.25) is 20.4 Å². The first-order valence-corrected chi connectivity index (χ1v) is 9.21. The van der Waals surface area contributed by atoms with Crippen molar-refractivity contribution < 1.29 is 14.0 Å². The molecule has 0 saturated carbocycles. The fourth-order valence-corrected chi connectivity index (χ4v) is 3.17. The molecule has 0 unspecified atom stereocenters. The summed E-state index contributed by atoms with van der Waals surface area (Å²) in [7, 11) is 0. The maximum Gasteiger partial charge on any atom is 0.279 e. The first-order valence-electron chi connectivity index (χ1n) is 6.97. The van der Waals surface area contributed by atoms with Crippen molar-refractivity contribution in [3.05, 3.63) is 51.7 Å². The van der Waals surface area contributed by atoms with Crippen molar-refractivity contribution in [2.45, 2.75) is 5.22 Å². The summed E-state index contributed by atoms with van der Waals surface area (Å²) in [4.78, 5) is 24.0. The third-order valence-electron chi connectivity index (χ3n) is 2.90. The predicted molar refractivity (Wildman–Crippen MR) is 95.4 cm³/mol. The molecule has 0 spiro atoms. The zero-order chi connectivity index (χ0) is 17.6. The van der Waals surface area contributed by atoms with Crippen molar-refractivity contribution in [1.29, 1.82) is 0 Å². The monoisotopic (exact) mass is 394 g/mol. The summed E-state index contributed by atoms with van der Waals surface area (Å²) in [6.45, 7) is 0. The average molecular weight is 395 g/mol. The van der Waals surface area contributed by atoms with Gasteiger partial charge in [0.25, 0.3) is 11.1 Å². The highest BCUT2D eigenvalue weighted by molar-refractivity contribution is 7.99. The standard InChI is InChI=1S/C15H11ClN4O3S2/c16-10-5-2-1-4-9(10)14-19-20-15(23-14)25-8-12(21)17-18-13(22)11-6-3-7-24-11/h1-7H,8H2,(H,17,21)(H,18,22). The summed E-state index contributed by atoms with van der Waals surface area (Å²) < 4.78 is 5.48. The lowest BCUT2D eigenvalue weighted by Gasteiger charge is -2.04. The smallest absolute Gasteiger partial charge is 0.279 e. The number of amides is 2. The summed E-state index contributed by atoms with van der Waals surface area (Å²) in [5.74, 6) is -0.478. The number of hydrogen-bond donors (Lipinski definition) is 2. The Labute approximate surface area is 155 Å². The van der Waals surface area contributed by atoms with Crippen LogP contribution < -0.4 is 10.9 Å². The summed E-state index contributed by atoms with van der Waals surface area (Å²) >= 11 is 8.41. The van der Waals surface area contributed by atoms with Gasteiger partial charge in [0, 0.05) is 0 Å². The number of benzene rings is 1. The summed E-state index contributed by atoms with van der Waals surface area (Å²) in [6.07, 6.45) is 0. The first kappa shape index (κ1) is 17.5. The highest BCUT2D eigenvalue weighted by atomic mass is 35.5. The Balaban J connectivity index is 1.50. The molecule has 7 nitrogen and oxygen atoms in total. The molecule has 3 aromatic rings. The van der Waals surface area contributed by atoms with Crippen LogP contribution >= 0.6 is 34.7 Å². The summed E-state index contributed by atoms with van der Waals surface area (Å²) in [6, 6.07) is 10.5. The van der Waals surface area contributed by atoms with E-state index < -0.39 is 5.91 Å². The van der Waals surface area contributed by atoms with Crippen LogP contribution in [0.5, 0.6) is 0 Å². The van der Waals surface area contributed by atoms with Crippen LogP contribution in [0.4, 0.5) is 0 Å². The van der Waals surface area contributed by atoms with E-state index in [0.717, 1.165) is 11.8 Å². The Morgan fingerprint density at radius 3 is 2.76 bits per heavy atom. The van der Waals surface area contributed by atoms with Crippen LogP contribution in [0.25, 0.3) is 11.5 Å². The van der Waals surface area contributed by atoms with Gasteiger partial charge < -0.3 is 4.42 Å². The number of carbonyl (C=O) groups is 2. The molecule has 25 heavy (non-hydrogen) atoms. The molecule has 0 fully saturated rings. The van der Waals surface area contributed by atoms with Crippen molar-refractivity contribution in [3.63, 3.8) is 0 Å².